The van der Waals surface area contributed by atoms with Crippen LogP contribution in [0.4, 0.5) is 0 Å². The fourth-order valence-electron chi connectivity index (χ4n) is 3.89. The molecule has 0 radical (unpaired) electrons. The Labute approximate surface area is 126 Å². The SMILES string of the molecule is CC(C)CC(C)N(C)CC1(CNC2CC2)CCCCC1. The quantitative estimate of drug-likeness (QED) is 0.721. The monoisotopic (exact) mass is 280 g/mol. The molecule has 2 rings (SSSR count). The van der Waals surface area contributed by atoms with Crippen LogP contribution in [0.3, 0.4) is 0 Å². The molecule has 0 spiro atoms. The van der Waals surface area contributed by atoms with Crippen LogP contribution in [0.15, 0.2) is 0 Å². The number of nitrogens with zero attached hydrogens (tertiary/aromatic N) is 1. The molecule has 0 heterocycles. The van der Waals surface area contributed by atoms with Crippen molar-refractivity contribution >= 4 is 0 Å². The molecule has 0 aliphatic heterocycles. The van der Waals surface area contributed by atoms with E-state index in [2.05, 4.69) is 38.0 Å². The standard InChI is InChI=1S/C18H36N2/c1-15(2)12-16(3)20(4)14-18(10-6-5-7-11-18)13-19-17-8-9-17/h15-17,19H,5-14H2,1-4H3. The average molecular weight is 280 g/mol. The van der Waals surface area contributed by atoms with E-state index in [-0.39, 0.29) is 0 Å². The molecule has 118 valence electrons. The predicted octanol–water partition coefficient (Wildman–Crippen LogP) is 4.06. The van der Waals surface area contributed by atoms with Gasteiger partial charge in [0.2, 0.25) is 0 Å². The summed E-state index contributed by atoms with van der Waals surface area (Å²) < 4.78 is 0. The Hall–Kier alpha value is -0.0800. The highest BCUT2D eigenvalue weighted by Crippen LogP contribution is 2.37. The van der Waals surface area contributed by atoms with Crippen LogP contribution in [-0.2, 0) is 0 Å². The third-order valence-electron chi connectivity index (χ3n) is 5.41. The first-order valence-electron chi connectivity index (χ1n) is 8.94. The lowest BCUT2D eigenvalue weighted by Crippen LogP contribution is -2.47. The number of nitrogens with one attached hydrogen (secondary N) is 1. The van der Waals surface area contributed by atoms with Crippen molar-refractivity contribution in [3.8, 4) is 0 Å². The van der Waals surface area contributed by atoms with Gasteiger partial charge in [0.25, 0.3) is 0 Å². The number of rotatable bonds is 8. The number of hydrogen-bond acceptors (Lipinski definition) is 2. The van der Waals surface area contributed by atoms with E-state index in [1.807, 2.05) is 0 Å². The maximum absolute atomic E-state index is 3.83. The molecule has 1 atom stereocenters. The Bertz CT molecular complexity index is 277. The molecule has 0 amide bonds. The highest BCUT2D eigenvalue weighted by molar-refractivity contribution is 4.91. The van der Waals surface area contributed by atoms with Crippen LogP contribution in [0.1, 0.15) is 72.1 Å². The van der Waals surface area contributed by atoms with Gasteiger partial charge in [-0.05, 0) is 57.4 Å². The molecular weight excluding hydrogens is 244 g/mol. The molecule has 2 nitrogen and oxygen atoms in total. The summed E-state index contributed by atoms with van der Waals surface area (Å²) in [6, 6.07) is 1.57. The first-order chi connectivity index (χ1) is 9.51. The van der Waals surface area contributed by atoms with Crippen molar-refractivity contribution in [3.63, 3.8) is 0 Å². The highest BCUT2D eigenvalue weighted by atomic mass is 15.1. The highest BCUT2D eigenvalue weighted by Gasteiger charge is 2.35. The molecule has 2 heteroatoms. The molecule has 0 aromatic heterocycles. The Morgan fingerprint density at radius 1 is 1.10 bits per heavy atom. The Morgan fingerprint density at radius 3 is 2.30 bits per heavy atom. The summed E-state index contributed by atoms with van der Waals surface area (Å²) in [5, 5.41) is 3.83. The van der Waals surface area contributed by atoms with Crippen LogP contribution in [0, 0.1) is 11.3 Å². The Morgan fingerprint density at radius 2 is 1.75 bits per heavy atom. The minimum atomic E-state index is 0.556. The van der Waals surface area contributed by atoms with Gasteiger partial charge in [-0.2, -0.15) is 0 Å². The van der Waals surface area contributed by atoms with Gasteiger partial charge < -0.3 is 10.2 Å². The second-order valence-electron chi connectivity index (χ2n) is 8.11. The minimum Gasteiger partial charge on any atom is -0.313 e. The summed E-state index contributed by atoms with van der Waals surface area (Å²) in [7, 11) is 2.35. The van der Waals surface area contributed by atoms with Crippen molar-refractivity contribution < 1.29 is 0 Å². The van der Waals surface area contributed by atoms with Crippen LogP contribution in [0.2, 0.25) is 0 Å². The van der Waals surface area contributed by atoms with E-state index in [4.69, 9.17) is 0 Å². The third-order valence-corrected chi connectivity index (χ3v) is 5.41. The van der Waals surface area contributed by atoms with E-state index < -0.39 is 0 Å². The van der Waals surface area contributed by atoms with E-state index >= 15 is 0 Å². The first-order valence-corrected chi connectivity index (χ1v) is 8.94. The normalized spacial score (nSPS) is 24.3. The van der Waals surface area contributed by atoms with E-state index in [1.165, 1.54) is 64.5 Å². The van der Waals surface area contributed by atoms with Crippen molar-refractivity contribution in [1.29, 1.82) is 0 Å². The molecule has 0 aromatic rings. The van der Waals surface area contributed by atoms with Gasteiger partial charge >= 0.3 is 0 Å². The average Bonchev–Trinajstić information content (AvgIpc) is 3.21. The van der Waals surface area contributed by atoms with Crippen LogP contribution >= 0.6 is 0 Å². The van der Waals surface area contributed by atoms with Gasteiger partial charge in [0.05, 0.1) is 0 Å². The lowest BCUT2D eigenvalue weighted by atomic mass is 9.73. The molecule has 2 aliphatic rings. The van der Waals surface area contributed by atoms with Crippen LogP contribution in [0.25, 0.3) is 0 Å². The zero-order chi connectivity index (χ0) is 14.6. The number of hydrogen-bond donors (Lipinski definition) is 1. The minimum absolute atomic E-state index is 0.556. The maximum Gasteiger partial charge on any atom is 0.00684 e. The Balaban J connectivity index is 1.87. The summed E-state index contributed by atoms with van der Waals surface area (Å²) in [6.07, 6.45) is 11.4. The first kappa shape index (κ1) is 16.3. The van der Waals surface area contributed by atoms with Gasteiger partial charge in [0.15, 0.2) is 0 Å². The van der Waals surface area contributed by atoms with Gasteiger partial charge in [0, 0.05) is 25.2 Å². The molecule has 1 N–H and O–H groups in total. The molecule has 0 saturated heterocycles. The molecule has 2 aliphatic carbocycles. The lowest BCUT2D eigenvalue weighted by Gasteiger charge is -2.42. The van der Waals surface area contributed by atoms with Crippen molar-refractivity contribution in [2.24, 2.45) is 11.3 Å². The molecule has 2 saturated carbocycles. The summed E-state index contributed by atoms with van der Waals surface area (Å²) in [5.41, 5.74) is 0.556. The van der Waals surface area contributed by atoms with Crippen LogP contribution in [-0.4, -0.2) is 37.1 Å². The fourth-order valence-corrected chi connectivity index (χ4v) is 3.89. The van der Waals surface area contributed by atoms with Gasteiger partial charge in [-0.3, -0.25) is 0 Å². The summed E-state index contributed by atoms with van der Waals surface area (Å²) >= 11 is 0. The smallest absolute Gasteiger partial charge is 0.00684 e. The zero-order valence-electron chi connectivity index (χ0n) is 14.3. The largest absolute Gasteiger partial charge is 0.313 e. The maximum atomic E-state index is 3.83. The molecule has 20 heavy (non-hydrogen) atoms. The van der Waals surface area contributed by atoms with Crippen LogP contribution < -0.4 is 5.32 Å². The molecule has 1 unspecified atom stereocenters. The van der Waals surface area contributed by atoms with E-state index in [1.54, 1.807) is 0 Å². The summed E-state index contributed by atoms with van der Waals surface area (Å²) in [4.78, 5) is 2.64. The summed E-state index contributed by atoms with van der Waals surface area (Å²) in [6.45, 7) is 9.65. The van der Waals surface area contributed by atoms with E-state index in [0.29, 0.717) is 5.41 Å². The van der Waals surface area contributed by atoms with Gasteiger partial charge in [-0.25, -0.2) is 0 Å². The third kappa shape index (κ3) is 5.04. The van der Waals surface area contributed by atoms with E-state index in [9.17, 15) is 0 Å². The molecule has 2 fully saturated rings. The second kappa shape index (κ2) is 7.26. The van der Waals surface area contributed by atoms with Crippen molar-refractivity contribution in [3.05, 3.63) is 0 Å². The molecule has 0 bridgehead atoms. The van der Waals surface area contributed by atoms with Crippen LogP contribution in [0.5, 0.6) is 0 Å². The predicted molar refractivity (Wildman–Crippen MR) is 88.1 cm³/mol. The second-order valence-corrected chi connectivity index (χ2v) is 8.11. The van der Waals surface area contributed by atoms with E-state index in [0.717, 1.165) is 18.0 Å². The molecule has 0 aromatic carbocycles. The van der Waals surface area contributed by atoms with Gasteiger partial charge in [-0.1, -0.05) is 33.1 Å². The Kier molecular flexibility index (Phi) is 5.92. The van der Waals surface area contributed by atoms with Gasteiger partial charge in [0.1, 0.15) is 0 Å². The fraction of sp³-hybridized carbons (Fsp3) is 1.00. The molecular formula is C18H36N2. The van der Waals surface area contributed by atoms with Crippen molar-refractivity contribution in [1.82, 2.24) is 10.2 Å². The lowest BCUT2D eigenvalue weighted by molar-refractivity contribution is 0.0905. The van der Waals surface area contributed by atoms with Crippen molar-refractivity contribution in [2.75, 3.05) is 20.1 Å². The summed E-state index contributed by atoms with van der Waals surface area (Å²) in [5.74, 6) is 0.805. The van der Waals surface area contributed by atoms with Gasteiger partial charge in [-0.15, -0.1) is 0 Å². The topological polar surface area (TPSA) is 15.3 Å². The van der Waals surface area contributed by atoms with Crippen molar-refractivity contribution in [2.45, 2.75) is 84.2 Å². The zero-order valence-corrected chi connectivity index (χ0v) is 14.3.